The smallest absolute Gasteiger partial charge is 0.261 e. The molecule has 0 fully saturated rings. The highest BCUT2D eigenvalue weighted by Crippen LogP contribution is 2.46. The van der Waals surface area contributed by atoms with Crippen molar-refractivity contribution in [2.45, 2.75) is 18.9 Å². The van der Waals surface area contributed by atoms with Gasteiger partial charge in [0, 0.05) is 26.1 Å². The number of carbonyl (C=O) groups is 1. The lowest BCUT2D eigenvalue weighted by molar-refractivity contribution is -0.505. The Kier molecular flexibility index (Phi) is 3.65. The SMILES string of the molecule is CC1=NC2=C(C(=O)c3ccccc32)C(c2cccc(Br)c2)C1[N+](=O)[O-]. The highest BCUT2D eigenvalue weighted by Gasteiger charge is 2.48. The van der Waals surface area contributed by atoms with Crippen molar-refractivity contribution < 1.29 is 9.72 Å². The molecule has 0 aromatic heterocycles. The first-order valence-electron chi connectivity index (χ1n) is 7.81. The third-order valence-corrected chi connectivity index (χ3v) is 5.20. The van der Waals surface area contributed by atoms with Gasteiger partial charge >= 0.3 is 0 Å². The van der Waals surface area contributed by atoms with Crippen LogP contribution in [0.4, 0.5) is 0 Å². The number of nitro groups is 1. The van der Waals surface area contributed by atoms with Crippen molar-refractivity contribution in [1.29, 1.82) is 0 Å². The van der Waals surface area contributed by atoms with Crippen molar-refractivity contribution in [2.75, 3.05) is 0 Å². The van der Waals surface area contributed by atoms with Gasteiger partial charge in [0.15, 0.2) is 5.78 Å². The van der Waals surface area contributed by atoms with Crippen LogP contribution < -0.4 is 0 Å². The van der Waals surface area contributed by atoms with Crippen LogP contribution in [-0.2, 0) is 0 Å². The molecule has 0 saturated carbocycles. The molecule has 2 atom stereocenters. The van der Waals surface area contributed by atoms with E-state index in [1.165, 1.54) is 0 Å². The molecule has 1 aliphatic carbocycles. The minimum atomic E-state index is -1.05. The first-order chi connectivity index (χ1) is 12.0. The summed E-state index contributed by atoms with van der Waals surface area (Å²) in [5.41, 5.74) is 3.46. The van der Waals surface area contributed by atoms with Gasteiger partial charge in [-0.3, -0.25) is 14.9 Å². The molecule has 0 bridgehead atoms. The van der Waals surface area contributed by atoms with E-state index >= 15 is 0 Å². The summed E-state index contributed by atoms with van der Waals surface area (Å²) in [6.07, 6.45) is 0. The lowest BCUT2D eigenvalue weighted by Crippen LogP contribution is -2.38. The van der Waals surface area contributed by atoms with Crippen LogP contribution in [0, 0.1) is 10.1 Å². The second kappa shape index (κ2) is 5.74. The first kappa shape index (κ1) is 15.9. The number of ketones is 1. The summed E-state index contributed by atoms with van der Waals surface area (Å²) in [5, 5.41) is 11.8. The molecule has 6 heteroatoms. The molecule has 2 unspecified atom stereocenters. The molecule has 1 aliphatic heterocycles. The standard InChI is InChI=1S/C19H13BrN2O3/c1-10-18(22(24)25)15(11-5-4-6-12(20)9-11)16-17(21-10)13-7-2-3-8-14(13)19(16)23/h2-9,15,18H,1H3. The third-order valence-electron chi connectivity index (χ3n) is 4.70. The van der Waals surface area contributed by atoms with E-state index in [0.717, 1.165) is 15.6 Å². The summed E-state index contributed by atoms with van der Waals surface area (Å²) < 4.78 is 0.817. The molecule has 0 spiro atoms. The largest absolute Gasteiger partial charge is 0.289 e. The van der Waals surface area contributed by atoms with Gasteiger partial charge in [-0.15, -0.1) is 0 Å². The third kappa shape index (κ3) is 2.36. The van der Waals surface area contributed by atoms with E-state index < -0.39 is 12.0 Å². The van der Waals surface area contributed by atoms with Gasteiger partial charge < -0.3 is 0 Å². The Bertz CT molecular complexity index is 994. The van der Waals surface area contributed by atoms with Gasteiger partial charge in [0.05, 0.1) is 17.3 Å². The number of halogens is 1. The zero-order chi connectivity index (χ0) is 17.7. The van der Waals surface area contributed by atoms with E-state index in [1.807, 2.05) is 36.4 Å². The number of fused-ring (bicyclic) bond motifs is 2. The molecule has 25 heavy (non-hydrogen) atoms. The minimum absolute atomic E-state index is 0.168. The van der Waals surface area contributed by atoms with E-state index in [9.17, 15) is 14.9 Å². The number of hydrogen-bond donors (Lipinski definition) is 0. The summed E-state index contributed by atoms with van der Waals surface area (Å²) in [4.78, 5) is 28.9. The van der Waals surface area contributed by atoms with E-state index in [1.54, 1.807) is 19.1 Å². The molecule has 2 aromatic carbocycles. The van der Waals surface area contributed by atoms with Crippen molar-refractivity contribution in [3.63, 3.8) is 0 Å². The number of carbonyl (C=O) groups excluding carboxylic acids is 1. The minimum Gasteiger partial charge on any atom is -0.289 e. The number of rotatable bonds is 2. The zero-order valence-corrected chi connectivity index (χ0v) is 14.9. The number of hydrogen-bond acceptors (Lipinski definition) is 4. The van der Waals surface area contributed by atoms with Crippen LogP contribution >= 0.6 is 15.9 Å². The van der Waals surface area contributed by atoms with Crippen LogP contribution in [0.3, 0.4) is 0 Å². The summed E-state index contributed by atoms with van der Waals surface area (Å²) >= 11 is 3.42. The summed E-state index contributed by atoms with van der Waals surface area (Å²) in [7, 11) is 0. The fourth-order valence-electron chi connectivity index (χ4n) is 3.66. The lowest BCUT2D eigenvalue weighted by atomic mass is 9.80. The summed E-state index contributed by atoms with van der Waals surface area (Å²) in [6.45, 7) is 1.66. The van der Waals surface area contributed by atoms with E-state index in [0.29, 0.717) is 22.5 Å². The molecule has 4 rings (SSSR count). The molecule has 5 nitrogen and oxygen atoms in total. The quantitative estimate of drug-likeness (QED) is 0.562. The number of nitrogens with zero attached hydrogens (tertiary/aromatic N) is 2. The van der Waals surface area contributed by atoms with Gasteiger partial charge in [-0.25, -0.2) is 4.99 Å². The summed E-state index contributed by atoms with van der Waals surface area (Å²) in [5.74, 6) is -0.821. The highest BCUT2D eigenvalue weighted by atomic mass is 79.9. The van der Waals surface area contributed by atoms with Crippen LogP contribution in [0.15, 0.2) is 63.6 Å². The van der Waals surface area contributed by atoms with Crippen molar-refractivity contribution in [3.05, 3.63) is 85.4 Å². The Hall–Kier alpha value is -2.60. The topological polar surface area (TPSA) is 72.6 Å². The molecule has 1 heterocycles. The van der Waals surface area contributed by atoms with E-state index in [4.69, 9.17) is 0 Å². The van der Waals surface area contributed by atoms with Gasteiger partial charge in [0.2, 0.25) is 0 Å². The fraction of sp³-hybridized carbons (Fsp3) is 0.158. The average molecular weight is 397 g/mol. The molecule has 2 aromatic rings. The Morgan fingerprint density at radius 1 is 1.12 bits per heavy atom. The Morgan fingerprint density at radius 2 is 1.84 bits per heavy atom. The maximum Gasteiger partial charge on any atom is 0.261 e. The lowest BCUT2D eigenvalue weighted by Gasteiger charge is -2.26. The maximum absolute atomic E-state index is 13.0. The van der Waals surface area contributed by atoms with Gasteiger partial charge in [-0.05, 0) is 24.6 Å². The van der Waals surface area contributed by atoms with Gasteiger partial charge in [-0.2, -0.15) is 0 Å². The van der Waals surface area contributed by atoms with Crippen molar-refractivity contribution in [3.8, 4) is 0 Å². The molecule has 0 saturated heterocycles. The van der Waals surface area contributed by atoms with E-state index in [2.05, 4.69) is 20.9 Å². The molecule has 0 amide bonds. The van der Waals surface area contributed by atoms with Gasteiger partial charge in [-0.1, -0.05) is 52.3 Å². The fourth-order valence-corrected chi connectivity index (χ4v) is 4.08. The number of Topliss-reactive ketones (excluding diaryl/α,β-unsaturated/α-hetero) is 1. The Labute approximate surface area is 152 Å². The van der Waals surface area contributed by atoms with Crippen molar-refractivity contribution in [1.82, 2.24) is 0 Å². The second-order valence-corrected chi connectivity index (χ2v) is 7.07. The summed E-state index contributed by atoms with van der Waals surface area (Å²) in [6, 6.07) is 13.5. The van der Waals surface area contributed by atoms with Crippen molar-refractivity contribution in [2.24, 2.45) is 4.99 Å². The van der Waals surface area contributed by atoms with Crippen molar-refractivity contribution >= 4 is 33.1 Å². The van der Waals surface area contributed by atoms with Gasteiger partial charge in [0.25, 0.3) is 6.04 Å². The van der Waals surface area contributed by atoms with Crippen LogP contribution in [0.25, 0.3) is 5.70 Å². The average Bonchev–Trinajstić information content (AvgIpc) is 2.86. The molecule has 0 N–H and O–H groups in total. The Balaban J connectivity index is 1.98. The normalized spacial score (nSPS) is 21.7. The second-order valence-electron chi connectivity index (χ2n) is 6.15. The number of aliphatic imine (C=N–C) groups is 1. The number of benzene rings is 2. The Morgan fingerprint density at radius 3 is 2.52 bits per heavy atom. The monoisotopic (exact) mass is 396 g/mol. The first-order valence-corrected chi connectivity index (χ1v) is 8.60. The highest BCUT2D eigenvalue weighted by molar-refractivity contribution is 9.10. The molecule has 2 aliphatic rings. The van der Waals surface area contributed by atoms with Crippen LogP contribution in [0.5, 0.6) is 0 Å². The molecule has 0 radical (unpaired) electrons. The predicted octanol–water partition coefficient (Wildman–Crippen LogP) is 4.26. The van der Waals surface area contributed by atoms with Crippen LogP contribution in [0.1, 0.15) is 34.3 Å². The maximum atomic E-state index is 13.0. The van der Waals surface area contributed by atoms with Crippen LogP contribution in [0.2, 0.25) is 0 Å². The van der Waals surface area contributed by atoms with Gasteiger partial charge in [0.1, 0.15) is 0 Å². The zero-order valence-electron chi connectivity index (χ0n) is 13.3. The molecular weight excluding hydrogens is 384 g/mol. The molecular formula is C19H13BrN2O3. The van der Waals surface area contributed by atoms with Crippen LogP contribution in [-0.4, -0.2) is 22.5 Å². The predicted molar refractivity (Wildman–Crippen MR) is 98.5 cm³/mol. The molecule has 124 valence electrons. The van der Waals surface area contributed by atoms with E-state index in [-0.39, 0.29) is 10.7 Å².